The lowest BCUT2D eigenvalue weighted by molar-refractivity contribution is -0.121. The van der Waals surface area contributed by atoms with Gasteiger partial charge in [-0.05, 0) is 86.0 Å². The van der Waals surface area contributed by atoms with E-state index in [0.717, 1.165) is 48.0 Å². The number of hydrogen-bond donors (Lipinski definition) is 3. The summed E-state index contributed by atoms with van der Waals surface area (Å²) < 4.78 is 13.2. The first-order valence-corrected chi connectivity index (χ1v) is 10.3. The quantitative estimate of drug-likeness (QED) is 0.586. The molecule has 1 atom stereocenters. The van der Waals surface area contributed by atoms with Crippen LogP contribution in [0.3, 0.4) is 0 Å². The van der Waals surface area contributed by atoms with Crippen LogP contribution < -0.4 is 11.1 Å². The fourth-order valence-electron chi connectivity index (χ4n) is 4.30. The number of fused-ring (bicyclic) bond motifs is 1. The molecule has 1 aromatic carbocycles. The monoisotopic (exact) mass is 394 g/mol. The Hall–Kier alpha value is -2.73. The molecule has 1 aliphatic rings. The van der Waals surface area contributed by atoms with E-state index in [1.54, 1.807) is 18.3 Å². The number of pyridine rings is 1. The van der Waals surface area contributed by atoms with Crippen molar-refractivity contribution >= 4 is 22.6 Å². The summed E-state index contributed by atoms with van der Waals surface area (Å²) in [6, 6.07) is 10.1. The summed E-state index contributed by atoms with van der Waals surface area (Å²) in [4.78, 5) is 20.5. The van der Waals surface area contributed by atoms with Crippen molar-refractivity contribution in [3.63, 3.8) is 0 Å². The minimum atomic E-state index is -0.272. The van der Waals surface area contributed by atoms with Crippen molar-refractivity contribution in [2.24, 2.45) is 23.5 Å². The number of amides is 1. The Morgan fingerprint density at radius 2 is 1.97 bits per heavy atom. The van der Waals surface area contributed by atoms with E-state index in [9.17, 15) is 9.18 Å². The zero-order valence-corrected chi connectivity index (χ0v) is 16.6. The van der Waals surface area contributed by atoms with Crippen LogP contribution in [0, 0.1) is 23.6 Å². The second-order valence-corrected chi connectivity index (χ2v) is 8.12. The maximum atomic E-state index is 13.2. The molecule has 5 nitrogen and oxygen atoms in total. The molecule has 152 valence electrons. The number of nitrogens with one attached hydrogen (secondary N) is 2. The van der Waals surface area contributed by atoms with Crippen LogP contribution in [0.1, 0.15) is 32.6 Å². The molecule has 0 spiro atoms. The molecule has 0 aliphatic heterocycles. The highest BCUT2D eigenvalue weighted by atomic mass is 19.1. The Morgan fingerprint density at radius 1 is 1.24 bits per heavy atom. The van der Waals surface area contributed by atoms with E-state index in [4.69, 9.17) is 5.73 Å². The maximum absolute atomic E-state index is 13.2. The Kier molecular flexibility index (Phi) is 5.62. The predicted molar refractivity (Wildman–Crippen MR) is 114 cm³/mol. The SMILES string of the molecule is CC(CN)C1CCC(C(=O)Nc2ccnc3[nH]c(-c4ccc(F)cc4)cc23)CC1. The molecule has 4 N–H and O–H groups in total. The molecule has 1 fully saturated rings. The minimum absolute atomic E-state index is 0.0370. The largest absolute Gasteiger partial charge is 0.339 e. The number of nitrogens with zero attached hydrogens (tertiary/aromatic N) is 1. The molecule has 2 heterocycles. The molecule has 4 rings (SSSR count). The number of benzene rings is 1. The van der Waals surface area contributed by atoms with Crippen LogP contribution in [0.2, 0.25) is 0 Å². The zero-order chi connectivity index (χ0) is 20.4. The van der Waals surface area contributed by atoms with Crippen LogP contribution in [0.4, 0.5) is 10.1 Å². The van der Waals surface area contributed by atoms with Gasteiger partial charge in [0.2, 0.25) is 5.91 Å². The summed E-state index contributed by atoms with van der Waals surface area (Å²) in [6.45, 7) is 2.91. The molecule has 29 heavy (non-hydrogen) atoms. The van der Waals surface area contributed by atoms with Gasteiger partial charge in [0.05, 0.1) is 5.69 Å². The van der Waals surface area contributed by atoms with E-state index >= 15 is 0 Å². The molecule has 1 amide bonds. The van der Waals surface area contributed by atoms with Gasteiger partial charge in [-0.15, -0.1) is 0 Å². The highest BCUT2D eigenvalue weighted by Gasteiger charge is 2.28. The van der Waals surface area contributed by atoms with E-state index in [2.05, 4.69) is 22.2 Å². The average molecular weight is 394 g/mol. The van der Waals surface area contributed by atoms with Crippen molar-refractivity contribution in [3.05, 3.63) is 48.4 Å². The Balaban J connectivity index is 1.49. The van der Waals surface area contributed by atoms with Gasteiger partial charge in [0, 0.05) is 23.2 Å². The van der Waals surface area contributed by atoms with Crippen LogP contribution in [-0.2, 0) is 4.79 Å². The van der Waals surface area contributed by atoms with E-state index in [1.807, 2.05) is 12.1 Å². The molecular formula is C23H27FN4O. The molecule has 6 heteroatoms. The molecule has 0 saturated heterocycles. The van der Waals surface area contributed by atoms with Crippen molar-refractivity contribution in [1.29, 1.82) is 0 Å². The molecule has 0 bridgehead atoms. The molecule has 0 radical (unpaired) electrons. The van der Waals surface area contributed by atoms with Gasteiger partial charge in [0.15, 0.2) is 0 Å². The standard InChI is InChI=1S/C23H27FN4O/c1-14(13-25)15-2-4-17(5-3-15)23(29)28-20-10-11-26-22-19(20)12-21(27-22)16-6-8-18(24)9-7-16/h6-12,14-15,17H,2-5,13,25H2,1H3,(H2,26,27,28,29). The first-order valence-electron chi connectivity index (χ1n) is 10.3. The number of nitrogens with two attached hydrogens (primary N) is 1. The highest BCUT2D eigenvalue weighted by Crippen LogP contribution is 2.34. The third-order valence-corrected chi connectivity index (χ3v) is 6.26. The lowest BCUT2D eigenvalue weighted by Gasteiger charge is -2.31. The molecular weight excluding hydrogens is 367 g/mol. The van der Waals surface area contributed by atoms with Crippen molar-refractivity contribution in [2.75, 3.05) is 11.9 Å². The molecule has 1 saturated carbocycles. The molecule has 1 aliphatic carbocycles. The Morgan fingerprint density at radius 3 is 2.66 bits per heavy atom. The van der Waals surface area contributed by atoms with Gasteiger partial charge in [-0.3, -0.25) is 4.79 Å². The van der Waals surface area contributed by atoms with Crippen molar-refractivity contribution in [1.82, 2.24) is 9.97 Å². The number of hydrogen-bond acceptors (Lipinski definition) is 3. The van der Waals surface area contributed by atoms with Gasteiger partial charge < -0.3 is 16.0 Å². The minimum Gasteiger partial charge on any atom is -0.339 e. The second kappa shape index (κ2) is 8.33. The van der Waals surface area contributed by atoms with Crippen LogP contribution in [0.5, 0.6) is 0 Å². The Labute approximate surface area is 169 Å². The smallest absolute Gasteiger partial charge is 0.227 e. The van der Waals surface area contributed by atoms with Gasteiger partial charge in [-0.25, -0.2) is 9.37 Å². The highest BCUT2D eigenvalue weighted by molar-refractivity contribution is 6.02. The van der Waals surface area contributed by atoms with E-state index < -0.39 is 0 Å². The number of H-pyrrole nitrogens is 1. The Bertz CT molecular complexity index is 990. The summed E-state index contributed by atoms with van der Waals surface area (Å²) in [5, 5.41) is 3.96. The zero-order valence-electron chi connectivity index (χ0n) is 16.6. The third kappa shape index (κ3) is 4.17. The first kappa shape index (κ1) is 19.6. The first-order chi connectivity index (χ1) is 14.0. The number of carbonyl (C=O) groups is 1. The van der Waals surface area contributed by atoms with E-state index in [1.165, 1.54) is 12.1 Å². The average Bonchev–Trinajstić information content (AvgIpc) is 3.19. The topological polar surface area (TPSA) is 83.8 Å². The lowest BCUT2D eigenvalue weighted by atomic mass is 9.76. The number of carbonyl (C=O) groups excluding carboxylic acids is 1. The van der Waals surface area contributed by atoms with Crippen molar-refractivity contribution in [3.8, 4) is 11.3 Å². The summed E-state index contributed by atoms with van der Waals surface area (Å²) >= 11 is 0. The summed E-state index contributed by atoms with van der Waals surface area (Å²) in [7, 11) is 0. The number of rotatable bonds is 5. The fourth-order valence-corrected chi connectivity index (χ4v) is 4.30. The van der Waals surface area contributed by atoms with Gasteiger partial charge in [-0.1, -0.05) is 6.92 Å². The number of aromatic amines is 1. The van der Waals surface area contributed by atoms with Crippen LogP contribution in [-0.4, -0.2) is 22.4 Å². The summed E-state index contributed by atoms with van der Waals surface area (Å²) in [5.74, 6) is 0.977. The maximum Gasteiger partial charge on any atom is 0.227 e. The van der Waals surface area contributed by atoms with Crippen LogP contribution in [0.25, 0.3) is 22.3 Å². The van der Waals surface area contributed by atoms with Gasteiger partial charge in [0.1, 0.15) is 11.5 Å². The predicted octanol–water partition coefficient (Wildman–Crippen LogP) is 4.71. The van der Waals surface area contributed by atoms with Gasteiger partial charge in [-0.2, -0.15) is 0 Å². The lowest BCUT2D eigenvalue weighted by Crippen LogP contribution is -2.30. The molecule has 1 unspecified atom stereocenters. The van der Waals surface area contributed by atoms with Crippen molar-refractivity contribution < 1.29 is 9.18 Å². The van der Waals surface area contributed by atoms with Crippen LogP contribution in [0.15, 0.2) is 42.6 Å². The van der Waals surface area contributed by atoms with E-state index in [0.29, 0.717) is 24.0 Å². The number of halogens is 1. The van der Waals surface area contributed by atoms with Gasteiger partial charge >= 0.3 is 0 Å². The van der Waals surface area contributed by atoms with Crippen LogP contribution >= 0.6 is 0 Å². The molecule has 2 aromatic heterocycles. The third-order valence-electron chi connectivity index (χ3n) is 6.26. The van der Waals surface area contributed by atoms with E-state index in [-0.39, 0.29) is 17.6 Å². The normalized spacial score (nSPS) is 20.5. The summed E-state index contributed by atoms with van der Waals surface area (Å²) in [5.41, 5.74) is 8.95. The second-order valence-electron chi connectivity index (χ2n) is 8.12. The fraction of sp³-hybridized carbons (Fsp3) is 0.391. The summed E-state index contributed by atoms with van der Waals surface area (Å²) in [6.07, 6.45) is 5.61. The molecule has 3 aromatic rings. The number of anilines is 1. The van der Waals surface area contributed by atoms with Crippen molar-refractivity contribution in [2.45, 2.75) is 32.6 Å². The van der Waals surface area contributed by atoms with Gasteiger partial charge in [0.25, 0.3) is 0 Å². The number of aromatic nitrogens is 2.